The molecular formula is C18H18ClN3O4. The van der Waals surface area contributed by atoms with Crippen molar-refractivity contribution in [3.05, 3.63) is 58.6 Å². The van der Waals surface area contributed by atoms with Crippen LogP contribution in [0.15, 0.2) is 47.6 Å². The van der Waals surface area contributed by atoms with Crippen LogP contribution in [0.5, 0.6) is 11.5 Å². The summed E-state index contributed by atoms with van der Waals surface area (Å²) in [4.78, 5) is 22.6. The zero-order valence-electron chi connectivity index (χ0n) is 14.3. The normalized spacial score (nSPS) is 10.4. The predicted molar refractivity (Wildman–Crippen MR) is 98.6 cm³/mol. The van der Waals surface area contributed by atoms with Crippen LogP contribution in [0.1, 0.15) is 11.1 Å². The van der Waals surface area contributed by atoms with Gasteiger partial charge in [0.2, 0.25) is 0 Å². The lowest BCUT2D eigenvalue weighted by molar-refractivity contribution is -0.138. The van der Waals surface area contributed by atoms with Crippen LogP contribution in [0.25, 0.3) is 0 Å². The van der Waals surface area contributed by atoms with Gasteiger partial charge >= 0.3 is 11.8 Å². The molecule has 0 aliphatic carbocycles. The van der Waals surface area contributed by atoms with Gasteiger partial charge in [-0.3, -0.25) is 9.59 Å². The fourth-order valence-corrected chi connectivity index (χ4v) is 2.23. The van der Waals surface area contributed by atoms with Crippen LogP contribution in [0.2, 0.25) is 5.02 Å². The number of nitrogens with zero attached hydrogens (tertiary/aromatic N) is 1. The molecule has 2 aromatic rings. The Kier molecular flexibility index (Phi) is 6.99. The molecule has 26 heavy (non-hydrogen) atoms. The molecule has 2 rings (SSSR count). The summed E-state index contributed by atoms with van der Waals surface area (Å²) in [6.45, 7) is 0.228. The molecule has 2 amide bonds. The first kappa shape index (κ1) is 19.3. The maximum absolute atomic E-state index is 11.4. The Labute approximate surface area is 155 Å². The minimum atomic E-state index is -0.870. The number of carbonyl (C=O) groups is 2. The molecule has 0 fully saturated rings. The summed E-state index contributed by atoms with van der Waals surface area (Å²) in [5.41, 5.74) is 3.51. The number of hydrogen-bond acceptors (Lipinski definition) is 5. The molecule has 8 heteroatoms. The summed E-state index contributed by atoms with van der Waals surface area (Å²) in [5, 5.41) is 6.57. The number of ether oxygens (including phenoxy) is 2. The first-order valence-electron chi connectivity index (χ1n) is 7.65. The molecule has 0 aliphatic heterocycles. The van der Waals surface area contributed by atoms with E-state index in [-0.39, 0.29) is 6.61 Å². The number of carbonyl (C=O) groups excluding carboxylic acids is 2. The van der Waals surface area contributed by atoms with E-state index in [0.29, 0.717) is 22.1 Å². The van der Waals surface area contributed by atoms with Crippen molar-refractivity contribution in [2.45, 2.75) is 6.61 Å². The van der Waals surface area contributed by atoms with Crippen LogP contribution in [-0.2, 0) is 16.2 Å². The Morgan fingerprint density at radius 1 is 1.15 bits per heavy atom. The third-order valence-electron chi connectivity index (χ3n) is 3.36. The molecule has 0 radical (unpaired) electrons. The summed E-state index contributed by atoms with van der Waals surface area (Å²) in [6, 6.07) is 12.6. The Morgan fingerprint density at radius 3 is 2.62 bits per heavy atom. The van der Waals surface area contributed by atoms with Gasteiger partial charge in [0.1, 0.15) is 6.61 Å². The predicted octanol–water partition coefficient (Wildman–Crippen LogP) is 2.12. The highest BCUT2D eigenvalue weighted by molar-refractivity contribution is 6.35. The van der Waals surface area contributed by atoms with Gasteiger partial charge in [0.25, 0.3) is 0 Å². The second kappa shape index (κ2) is 9.43. The molecule has 0 atom stereocenters. The summed E-state index contributed by atoms with van der Waals surface area (Å²) >= 11 is 6.14. The van der Waals surface area contributed by atoms with Gasteiger partial charge < -0.3 is 14.8 Å². The molecule has 0 bridgehead atoms. The Bertz CT molecular complexity index is 824. The monoisotopic (exact) mass is 375 g/mol. The molecule has 0 aromatic heterocycles. The van der Waals surface area contributed by atoms with E-state index in [9.17, 15) is 9.59 Å². The Balaban J connectivity index is 2.18. The number of benzene rings is 2. The van der Waals surface area contributed by atoms with Crippen molar-refractivity contribution < 1.29 is 19.1 Å². The number of amides is 2. The maximum atomic E-state index is 11.4. The molecule has 2 N–H and O–H groups in total. The van der Waals surface area contributed by atoms with Crippen molar-refractivity contribution in [3.8, 4) is 11.5 Å². The Hall–Kier alpha value is -3.06. The number of hydrazone groups is 1. The maximum Gasteiger partial charge on any atom is 0.329 e. The number of halogens is 1. The average Bonchev–Trinajstić information content (AvgIpc) is 2.66. The van der Waals surface area contributed by atoms with Gasteiger partial charge in [-0.05, 0) is 18.2 Å². The summed E-state index contributed by atoms with van der Waals surface area (Å²) < 4.78 is 11.2. The SMILES string of the molecule is CNC(=O)C(=O)N/N=C\c1cccc(OC)c1OCc1ccccc1Cl. The van der Waals surface area contributed by atoms with Crippen LogP contribution in [0.4, 0.5) is 0 Å². The van der Waals surface area contributed by atoms with Gasteiger partial charge in [-0.25, -0.2) is 5.43 Å². The van der Waals surface area contributed by atoms with E-state index in [1.165, 1.54) is 20.4 Å². The van der Waals surface area contributed by atoms with E-state index in [0.717, 1.165) is 5.56 Å². The number of likely N-dealkylation sites (N-methyl/N-ethyl adjacent to an activating group) is 1. The van der Waals surface area contributed by atoms with Gasteiger partial charge in [-0.15, -0.1) is 0 Å². The molecular weight excluding hydrogens is 358 g/mol. The zero-order chi connectivity index (χ0) is 18.9. The number of para-hydroxylation sites is 1. The van der Waals surface area contributed by atoms with Crippen LogP contribution < -0.4 is 20.2 Å². The molecule has 0 saturated carbocycles. The molecule has 0 unspecified atom stereocenters. The zero-order valence-corrected chi connectivity index (χ0v) is 15.0. The van der Waals surface area contributed by atoms with Crippen LogP contribution in [0.3, 0.4) is 0 Å². The molecule has 2 aromatic carbocycles. The third kappa shape index (κ3) is 4.97. The van der Waals surface area contributed by atoms with E-state index in [1.807, 2.05) is 18.2 Å². The number of hydrogen-bond donors (Lipinski definition) is 2. The van der Waals surface area contributed by atoms with E-state index >= 15 is 0 Å². The Morgan fingerprint density at radius 2 is 1.92 bits per heavy atom. The van der Waals surface area contributed by atoms with Crippen molar-refractivity contribution in [2.24, 2.45) is 5.10 Å². The fourth-order valence-electron chi connectivity index (χ4n) is 2.04. The van der Waals surface area contributed by atoms with Crippen LogP contribution in [0, 0.1) is 0 Å². The highest BCUT2D eigenvalue weighted by atomic mass is 35.5. The van der Waals surface area contributed by atoms with E-state index in [1.54, 1.807) is 24.3 Å². The molecule has 0 aliphatic rings. The highest BCUT2D eigenvalue weighted by Crippen LogP contribution is 2.31. The van der Waals surface area contributed by atoms with E-state index in [4.69, 9.17) is 21.1 Å². The van der Waals surface area contributed by atoms with Gasteiger partial charge in [-0.2, -0.15) is 5.10 Å². The molecule has 0 saturated heterocycles. The minimum absolute atomic E-state index is 0.228. The summed E-state index contributed by atoms with van der Waals surface area (Å²) in [5.74, 6) is -0.723. The summed E-state index contributed by atoms with van der Waals surface area (Å²) in [7, 11) is 2.88. The van der Waals surface area contributed by atoms with Crippen molar-refractivity contribution >= 4 is 29.6 Å². The van der Waals surface area contributed by atoms with Gasteiger partial charge in [-0.1, -0.05) is 35.9 Å². The van der Waals surface area contributed by atoms with Crippen molar-refractivity contribution in [3.63, 3.8) is 0 Å². The second-order valence-electron chi connectivity index (χ2n) is 5.04. The second-order valence-corrected chi connectivity index (χ2v) is 5.44. The number of methoxy groups -OCH3 is 1. The third-order valence-corrected chi connectivity index (χ3v) is 3.73. The van der Waals surface area contributed by atoms with E-state index < -0.39 is 11.8 Å². The van der Waals surface area contributed by atoms with Crippen molar-refractivity contribution in [2.75, 3.05) is 14.2 Å². The van der Waals surface area contributed by atoms with E-state index in [2.05, 4.69) is 15.8 Å². The first-order chi connectivity index (χ1) is 12.6. The van der Waals surface area contributed by atoms with Crippen molar-refractivity contribution in [1.82, 2.24) is 10.7 Å². The van der Waals surface area contributed by atoms with Crippen LogP contribution in [-0.4, -0.2) is 32.2 Å². The lowest BCUT2D eigenvalue weighted by atomic mass is 10.2. The standard InChI is InChI=1S/C18H18ClN3O4/c1-20-17(23)18(24)22-21-10-12-7-5-9-15(25-2)16(12)26-11-13-6-3-4-8-14(13)19/h3-10H,11H2,1-2H3,(H,20,23)(H,22,24)/b21-10-. The van der Waals surface area contributed by atoms with Crippen LogP contribution >= 0.6 is 11.6 Å². The molecule has 0 heterocycles. The van der Waals surface area contributed by atoms with Gasteiger partial charge in [0.15, 0.2) is 11.5 Å². The quantitative estimate of drug-likeness (QED) is 0.460. The largest absolute Gasteiger partial charge is 0.493 e. The number of nitrogens with one attached hydrogen (secondary N) is 2. The lowest BCUT2D eigenvalue weighted by Crippen LogP contribution is -2.35. The van der Waals surface area contributed by atoms with Gasteiger partial charge in [0, 0.05) is 23.2 Å². The topological polar surface area (TPSA) is 89.0 Å². The van der Waals surface area contributed by atoms with Gasteiger partial charge in [0.05, 0.1) is 13.3 Å². The molecule has 0 spiro atoms. The summed E-state index contributed by atoms with van der Waals surface area (Å²) in [6.07, 6.45) is 1.37. The fraction of sp³-hybridized carbons (Fsp3) is 0.167. The minimum Gasteiger partial charge on any atom is -0.493 e. The highest BCUT2D eigenvalue weighted by Gasteiger charge is 2.12. The smallest absolute Gasteiger partial charge is 0.329 e. The molecule has 136 valence electrons. The first-order valence-corrected chi connectivity index (χ1v) is 8.03. The number of rotatable bonds is 6. The lowest BCUT2D eigenvalue weighted by Gasteiger charge is -2.13. The van der Waals surface area contributed by atoms with Crippen molar-refractivity contribution in [1.29, 1.82) is 0 Å². The molecule has 7 nitrogen and oxygen atoms in total. The average molecular weight is 376 g/mol.